The number of fused-ring (bicyclic) bond motifs is 1. The Labute approximate surface area is 104 Å². The molecule has 1 aromatic rings. The molecule has 2 aliphatic rings. The fourth-order valence-corrected chi connectivity index (χ4v) is 3.82. The first-order chi connectivity index (χ1) is 8.35. The normalized spacial score (nSPS) is 33.2. The van der Waals surface area contributed by atoms with Crippen LogP contribution in [-0.4, -0.2) is 7.05 Å². The van der Waals surface area contributed by atoms with Gasteiger partial charge in [0, 0.05) is 6.42 Å². The predicted octanol–water partition coefficient (Wildman–Crippen LogP) is 3.54. The zero-order valence-electron chi connectivity index (χ0n) is 10.9. The summed E-state index contributed by atoms with van der Waals surface area (Å²) in [6.45, 7) is 2.15. The Morgan fingerprint density at radius 3 is 2.53 bits per heavy atom. The highest BCUT2D eigenvalue weighted by Gasteiger charge is 2.54. The van der Waals surface area contributed by atoms with Gasteiger partial charge in [0.2, 0.25) is 0 Å². The van der Waals surface area contributed by atoms with E-state index in [9.17, 15) is 0 Å². The molecule has 2 nitrogen and oxygen atoms in total. The summed E-state index contributed by atoms with van der Waals surface area (Å²) < 4.78 is 5.93. The van der Waals surface area contributed by atoms with E-state index in [4.69, 9.17) is 4.42 Å². The average molecular weight is 233 g/mol. The van der Waals surface area contributed by atoms with Gasteiger partial charge in [-0.15, -0.1) is 0 Å². The Morgan fingerprint density at radius 2 is 2.00 bits per heavy atom. The second-order valence-corrected chi connectivity index (χ2v) is 5.61. The second-order valence-electron chi connectivity index (χ2n) is 5.61. The summed E-state index contributed by atoms with van der Waals surface area (Å²) in [5.74, 6) is 5.04. The Kier molecular flexibility index (Phi) is 2.99. The van der Waals surface area contributed by atoms with E-state index in [2.05, 4.69) is 31.4 Å². The quantitative estimate of drug-likeness (QED) is 0.860. The van der Waals surface area contributed by atoms with Crippen LogP contribution >= 0.6 is 0 Å². The van der Waals surface area contributed by atoms with E-state index < -0.39 is 0 Å². The van der Waals surface area contributed by atoms with Gasteiger partial charge in [-0.05, 0) is 49.8 Å². The number of hydrogen-bond donors (Lipinski definition) is 1. The van der Waals surface area contributed by atoms with Crippen molar-refractivity contribution in [2.24, 2.45) is 17.8 Å². The maximum Gasteiger partial charge on any atom is 0.121 e. The molecule has 1 N–H and O–H groups in total. The molecule has 2 aliphatic carbocycles. The Morgan fingerprint density at radius 1 is 1.29 bits per heavy atom. The van der Waals surface area contributed by atoms with Crippen LogP contribution in [0.2, 0.25) is 0 Å². The van der Waals surface area contributed by atoms with E-state index in [1.807, 2.05) is 0 Å². The van der Waals surface area contributed by atoms with Crippen LogP contribution in [0, 0.1) is 17.8 Å². The average Bonchev–Trinajstić information content (AvgIpc) is 2.88. The zero-order chi connectivity index (χ0) is 11.8. The third-order valence-corrected chi connectivity index (χ3v) is 4.76. The van der Waals surface area contributed by atoms with E-state index in [1.54, 1.807) is 0 Å². The molecule has 2 fully saturated rings. The molecule has 0 spiro atoms. The minimum Gasteiger partial charge on any atom is -0.464 e. The summed E-state index contributed by atoms with van der Waals surface area (Å²) >= 11 is 0. The van der Waals surface area contributed by atoms with Crippen molar-refractivity contribution in [3.05, 3.63) is 23.7 Å². The molecule has 17 heavy (non-hydrogen) atoms. The summed E-state index contributed by atoms with van der Waals surface area (Å²) in [6.07, 6.45) is 6.75. The third-order valence-electron chi connectivity index (χ3n) is 4.76. The van der Waals surface area contributed by atoms with Gasteiger partial charge in [0.25, 0.3) is 0 Å². The largest absolute Gasteiger partial charge is 0.464 e. The molecule has 2 saturated carbocycles. The number of furan rings is 1. The van der Waals surface area contributed by atoms with Gasteiger partial charge in [-0.1, -0.05) is 19.8 Å². The fraction of sp³-hybridized carbons (Fsp3) is 0.733. The van der Waals surface area contributed by atoms with Crippen molar-refractivity contribution in [2.75, 3.05) is 7.05 Å². The van der Waals surface area contributed by atoms with Gasteiger partial charge in [-0.25, -0.2) is 0 Å². The van der Waals surface area contributed by atoms with E-state index in [-0.39, 0.29) is 0 Å². The lowest BCUT2D eigenvalue weighted by molar-refractivity contribution is 0.368. The van der Waals surface area contributed by atoms with Crippen LogP contribution in [0.4, 0.5) is 0 Å². The van der Waals surface area contributed by atoms with Crippen molar-refractivity contribution in [1.29, 1.82) is 0 Å². The van der Waals surface area contributed by atoms with Gasteiger partial charge in [0.05, 0.1) is 6.04 Å². The van der Waals surface area contributed by atoms with Crippen LogP contribution in [-0.2, 0) is 6.42 Å². The lowest BCUT2D eigenvalue weighted by Crippen LogP contribution is -2.19. The van der Waals surface area contributed by atoms with Gasteiger partial charge < -0.3 is 9.73 Å². The molecular formula is C15H23NO. The van der Waals surface area contributed by atoms with Crippen LogP contribution in [0.15, 0.2) is 16.5 Å². The Balaban J connectivity index is 1.75. The number of aryl methyl sites for hydroxylation is 1. The maximum atomic E-state index is 5.93. The first kappa shape index (κ1) is 11.3. The zero-order valence-corrected chi connectivity index (χ0v) is 10.9. The molecule has 3 unspecified atom stereocenters. The van der Waals surface area contributed by atoms with Gasteiger partial charge >= 0.3 is 0 Å². The van der Waals surface area contributed by atoms with Crippen molar-refractivity contribution in [2.45, 2.75) is 45.1 Å². The van der Waals surface area contributed by atoms with Crippen molar-refractivity contribution in [3.63, 3.8) is 0 Å². The van der Waals surface area contributed by atoms with Crippen LogP contribution in [0.25, 0.3) is 0 Å². The molecule has 3 atom stereocenters. The van der Waals surface area contributed by atoms with Crippen molar-refractivity contribution in [1.82, 2.24) is 5.32 Å². The first-order valence-corrected chi connectivity index (χ1v) is 7.11. The molecule has 0 radical (unpaired) electrons. The molecule has 2 heteroatoms. The standard InChI is InChI=1S/C15H23NO/c1-3-10-8-9-13(17-10)15(16-2)14-11-6-4-5-7-12(11)14/h8-9,11-12,14-16H,3-7H2,1-2H3. The van der Waals surface area contributed by atoms with Gasteiger partial charge in [0.15, 0.2) is 0 Å². The van der Waals surface area contributed by atoms with Gasteiger partial charge in [-0.2, -0.15) is 0 Å². The van der Waals surface area contributed by atoms with Crippen LogP contribution < -0.4 is 5.32 Å². The second kappa shape index (κ2) is 4.49. The smallest absolute Gasteiger partial charge is 0.121 e. The molecule has 1 heterocycles. The van der Waals surface area contributed by atoms with Crippen molar-refractivity contribution >= 4 is 0 Å². The molecule has 0 aromatic carbocycles. The van der Waals surface area contributed by atoms with Gasteiger partial charge in [0.1, 0.15) is 11.5 Å². The van der Waals surface area contributed by atoms with Crippen molar-refractivity contribution < 1.29 is 4.42 Å². The fourth-order valence-electron chi connectivity index (χ4n) is 3.82. The molecule has 0 saturated heterocycles. The molecule has 0 bridgehead atoms. The van der Waals surface area contributed by atoms with Crippen LogP contribution in [0.3, 0.4) is 0 Å². The highest BCUT2D eigenvalue weighted by atomic mass is 16.3. The summed E-state index contributed by atoms with van der Waals surface area (Å²) in [5, 5.41) is 3.48. The third kappa shape index (κ3) is 1.93. The number of rotatable bonds is 4. The summed E-state index contributed by atoms with van der Waals surface area (Å²) in [7, 11) is 2.07. The topological polar surface area (TPSA) is 25.2 Å². The molecule has 3 rings (SSSR count). The first-order valence-electron chi connectivity index (χ1n) is 7.11. The van der Waals surface area contributed by atoms with E-state index in [0.29, 0.717) is 6.04 Å². The Bertz CT molecular complexity index is 372. The minimum atomic E-state index is 0.448. The highest BCUT2D eigenvalue weighted by molar-refractivity contribution is 5.17. The lowest BCUT2D eigenvalue weighted by Gasteiger charge is -2.13. The lowest BCUT2D eigenvalue weighted by atomic mass is 10.0. The monoisotopic (exact) mass is 233 g/mol. The van der Waals surface area contributed by atoms with Crippen molar-refractivity contribution in [3.8, 4) is 0 Å². The predicted molar refractivity (Wildman–Crippen MR) is 68.8 cm³/mol. The summed E-state index contributed by atoms with van der Waals surface area (Å²) in [5.41, 5.74) is 0. The number of hydrogen-bond acceptors (Lipinski definition) is 2. The minimum absolute atomic E-state index is 0.448. The van der Waals surface area contributed by atoms with Crippen LogP contribution in [0.5, 0.6) is 0 Å². The Hall–Kier alpha value is -0.760. The highest BCUT2D eigenvalue weighted by Crippen LogP contribution is 2.60. The SMILES string of the molecule is CCc1ccc(C(NC)C2C3CCCCC32)o1. The van der Waals surface area contributed by atoms with Crippen LogP contribution in [0.1, 0.15) is 50.2 Å². The molecular weight excluding hydrogens is 210 g/mol. The van der Waals surface area contributed by atoms with Gasteiger partial charge in [-0.3, -0.25) is 0 Å². The molecule has 0 amide bonds. The molecule has 94 valence electrons. The van der Waals surface area contributed by atoms with E-state index in [0.717, 1.165) is 35.7 Å². The number of nitrogens with one attached hydrogen (secondary N) is 1. The molecule has 1 aromatic heterocycles. The summed E-state index contributed by atoms with van der Waals surface area (Å²) in [6, 6.07) is 4.75. The van der Waals surface area contributed by atoms with E-state index in [1.165, 1.54) is 25.7 Å². The van der Waals surface area contributed by atoms with E-state index >= 15 is 0 Å². The molecule has 0 aliphatic heterocycles. The summed E-state index contributed by atoms with van der Waals surface area (Å²) in [4.78, 5) is 0. The maximum absolute atomic E-state index is 5.93.